The van der Waals surface area contributed by atoms with E-state index in [2.05, 4.69) is 4.98 Å². The average Bonchev–Trinajstić information content (AvgIpc) is 2.17. The van der Waals surface area contributed by atoms with Gasteiger partial charge in [0.25, 0.3) is 6.43 Å². The van der Waals surface area contributed by atoms with E-state index in [1.54, 1.807) is 0 Å². The van der Waals surface area contributed by atoms with E-state index in [1.807, 2.05) is 0 Å². The highest BCUT2D eigenvalue weighted by Crippen LogP contribution is 2.34. The van der Waals surface area contributed by atoms with E-state index in [0.717, 1.165) is 6.92 Å². The van der Waals surface area contributed by atoms with E-state index in [1.165, 1.54) is 0 Å². The molecule has 0 aliphatic carbocycles. The summed E-state index contributed by atoms with van der Waals surface area (Å²) in [5.41, 5.74) is -3.56. The number of nitrogens with zero attached hydrogens (tertiary/aromatic N) is 1. The fourth-order valence-electron chi connectivity index (χ4n) is 1.43. The number of alkyl halides is 5. The molecule has 3 nitrogen and oxygen atoms in total. The maximum Gasteiger partial charge on any atom is 0.433 e. The maximum atomic E-state index is 12.6. The van der Waals surface area contributed by atoms with Crippen molar-refractivity contribution in [1.29, 1.82) is 0 Å². The van der Waals surface area contributed by atoms with E-state index >= 15 is 0 Å². The van der Waals surface area contributed by atoms with Crippen LogP contribution in [0.4, 0.5) is 22.0 Å². The van der Waals surface area contributed by atoms with Crippen LogP contribution in [0.15, 0.2) is 6.07 Å². The number of aliphatic carboxylic acids is 1. The second-order valence-electron chi connectivity index (χ2n) is 3.55. The van der Waals surface area contributed by atoms with Crippen LogP contribution in [0.25, 0.3) is 0 Å². The molecule has 8 heteroatoms. The number of hydrogen-bond acceptors (Lipinski definition) is 2. The van der Waals surface area contributed by atoms with Gasteiger partial charge in [-0.2, -0.15) is 13.2 Å². The quantitative estimate of drug-likeness (QED) is 0.858. The van der Waals surface area contributed by atoms with Crippen LogP contribution in [-0.4, -0.2) is 16.1 Å². The van der Waals surface area contributed by atoms with E-state index in [9.17, 15) is 26.7 Å². The Kier molecular flexibility index (Phi) is 3.88. The van der Waals surface area contributed by atoms with Gasteiger partial charge in [0, 0.05) is 5.56 Å². The van der Waals surface area contributed by atoms with Gasteiger partial charge in [0.05, 0.1) is 12.1 Å². The summed E-state index contributed by atoms with van der Waals surface area (Å²) in [6, 6.07) is 0.684. The van der Waals surface area contributed by atoms with Crippen LogP contribution in [-0.2, 0) is 17.4 Å². The number of rotatable bonds is 3. The summed E-state index contributed by atoms with van der Waals surface area (Å²) >= 11 is 0. The molecule has 0 atom stereocenters. The molecule has 1 N–H and O–H groups in total. The van der Waals surface area contributed by atoms with Crippen molar-refractivity contribution in [2.45, 2.75) is 25.9 Å². The first kappa shape index (κ1) is 14.3. The van der Waals surface area contributed by atoms with Crippen LogP contribution in [0.5, 0.6) is 0 Å². The van der Waals surface area contributed by atoms with Crippen LogP contribution in [0.3, 0.4) is 0 Å². The summed E-state index contributed by atoms with van der Waals surface area (Å²) in [4.78, 5) is 13.5. The number of halogens is 5. The molecule has 0 fully saturated rings. The van der Waals surface area contributed by atoms with Crippen LogP contribution in [0, 0.1) is 6.92 Å². The lowest BCUT2D eigenvalue weighted by atomic mass is 10.1. The van der Waals surface area contributed by atoms with Crippen molar-refractivity contribution in [3.05, 3.63) is 28.6 Å². The molecule has 0 aliphatic rings. The second-order valence-corrected chi connectivity index (χ2v) is 3.55. The molecule has 0 saturated heterocycles. The Morgan fingerprint density at radius 2 is 2.00 bits per heavy atom. The largest absolute Gasteiger partial charge is 0.481 e. The number of aromatic nitrogens is 1. The van der Waals surface area contributed by atoms with E-state index < -0.39 is 47.5 Å². The highest BCUT2D eigenvalue weighted by atomic mass is 19.4. The Labute approximate surface area is 98.3 Å². The second kappa shape index (κ2) is 4.87. The Balaban J connectivity index is 3.42. The molecule has 1 rings (SSSR count). The molecule has 0 aliphatic heterocycles. The Bertz CT molecular complexity index is 470. The molecule has 0 radical (unpaired) electrons. The van der Waals surface area contributed by atoms with Gasteiger partial charge in [0.2, 0.25) is 0 Å². The fourth-order valence-corrected chi connectivity index (χ4v) is 1.43. The lowest BCUT2D eigenvalue weighted by Crippen LogP contribution is -2.15. The highest BCUT2D eigenvalue weighted by Gasteiger charge is 2.36. The normalized spacial score (nSPS) is 11.9. The number of carboxylic acids is 1. The van der Waals surface area contributed by atoms with Gasteiger partial charge in [-0.3, -0.25) is 4.79 Å². The zero-order valence-electron chi connectivity index (χ0n) is 9.05. The zero-order valence-corrected chi connectivity index (χ0v) is 9.05. The highest BCUT2D eigenvalue weighted by molar-refractivity contribution is 5.69. The van der Waals surface area contributed by atoms with Gasteiger partial charge in [-0.25, -0.2) is 13.8 Å². The van der Waals surface area contributed by atoms with Gasteiger partial charge in [0.1, 0.15) is 5.69 Å². The molecule has 18 heavy (non-hydrogen) atoms. The number of pyridine rings is 1. The summed E-state index contributed by atoms with van der Waals surface area (Å²) in [5.74, 6) is -1.44. The average molecular weight is 269 g/mol. The molecule has 0 aromatic carbocycles. The molecular formula is C10H8F5NO2. The predicted octanol–water partition coefficient (Wildman–Crippen LogP) is 2.97. The van der Waals surface area contributed by atoms with Crippen molar-refractivity contribution >= 4 is 5.97 Å². The fraction of sp³-hybridized carbons (Fsp3) is 0.400. The van der Waals surface area contributed by atoms with Crippen LogP contribution >= 0.6 is 0 Å². The lowest BCUT2D eigenvalue weighted by molar-refractivity contribution is -0.142. The Hall–Kier alpha value is -1.73. The van der Waals surface area contributed by atoms with Crippen molar-refractivity contribution in [2.75, 3.05) is 0 Å². The minimum Gasteiger partial charge on any atom is -0.481 e. The third kappa shape index (κ3) is 3.14. The topological polar surface area (TPSA) is 50.2 Å². The molecule has 100 valence electrons. The standard InChI is InChI=1S/C10H8F5NO2/c1-4-6(9(11)12)2-5(3-7(17)18)16-8(4)10(13,14)15/h2,9H,3H2,1H3,(H,17,18). The lowest BCUT2D eigenvalue weighted by Gasteiger charge is -2.14. The van der Waals surface area contributed by atoms with Crippen LogP contribution in [0.1, 0.15) is 28.9 Å². The Morgan fingerprint density at radius 1 is 1.44 bits per heavy atom. The molecule has 0 bridgehead atoms. The van der Waals surface area contributed by atoms with Crippen LogP contribution < -0.4 is 0 Å². The molecule has 0 unspecified atom stereocenters. The number of carbonyl (C=O) groups is 1. The van der Waals surface area contributed by atoms with Crippen molar-refractivity contribution < 1.29 is 31.9 Å². The number of carboxylic acid groups (broad SMARTS) is 1. The van der Waals surface area contributed by atoms with Crippen molar-refractivity contribution in [2.24, 2.45) is 0 Å². The minimum absolute atomic E-state index is 0.546. The molecule has 1 aromatic rings. The first-order valence-electron chi connectivity index (χ1n) is 4.70. The summed E-state index contributed by atoms with van der Waals surface area (Å²) in [7, 11) is 0. The van der Waals surface area contributed by atoms with E-state index in [-0.39, 0.29) is 0 Å². The molecule has 1 heterocycles. The van der Waals surface area contributed by atoms with Crippen molar-refractivity contribution in [3.63, 3.8) is 0 Å². The molecule has 1 aromatic heterocycles. The smallest absolute Gasteiger partial charge is 0.433 e. The van der Waals surface area contributed by atoms with Gasteiger partial charge in [0.15, 0.2) is 0 Å². The first-order chi connectivity index (χ1) is 8.12. The maximum absolute atomic E-state index is 12.6. The van der Waals surface area contributed by atoms with Gasteiger partial charge >= 0.3 is 12.1 Å². The minimum atomic E-state index is -4.90. The molecule has 0 amide bonds. The van der Waals surface area contributed by atoms with Gasteiger partial charge in [-0.1, -0.05) is 0 Å². The third-order valence-electron chi connectivity index (χ3n) is 2.20. The zero-order chi connectivity index (χ0) is 14.1. The summed E-state index contributed by atoms with van der Waals surface area (Å²) in [6.45, 7) is 0.877. The molecular weight excluding hydrogens is 261 g/mol. The first-order valence-corrected chi connectivity index (χ1v) is 4.70. The van der Waals surface area contributed by atoms with Crippen molar-refractivity contribution in [3.8, 4) is 0 Å². The summed E-state index contributed by atoms with van der Waals surface area (Å²) in [5, 5.41) is 8.45. The number of hydrogen-bond donors (Lipinski definition) is 1. The van der Waals surface area contributed by atoms with E-state index in [4.69, 9.17) is 5.11 Å². The monoisotopic (exact) mass is 269 g/mol. The molecule has 0 spiro atoms. The SMILES string of the molecule is Cc1c(C(F)F)cc(CC(=O)O)nc1C(F)(F)F. The Morgan fingerprint density at radius 3 is 2.39 bits per heavy atom. The summed E-state index contributed by atoms with van der Waals surface area (Å²) < 4.78 is 62.8. The summed E-state index contributed by atoms with van der Waals surface area (Å²) in [6.07, 6.45) is -8.87. The van der Waals surface area contributed by atoms with Crippen LogP contribution in [0.2, 0.25) is 0 Å². The van der Waals surface area contributed by atoms with Gasteiger partial charge in [-0.15, -0.1) is 0 Å². The molecule has 0 saturated carbocycles. The van der Waals surface area contributed by atoms with Gasteiger partial charge < -0.3 is 5.11 Å². The van der Waals surface area contributed by atoms with Gasteiger partial charge in [-0.05, 0) is 18.6 Å². The van der Waals surface area contributed by atoms with E-state index in [0.29, 0.717) is 6.07 Å². The third-order valence-corrected chi connectivity index (χ3v) is 2.20. The van der Waals surface area contributed by atoms with Crippen molar-refractivity contribution in [1.82, 2.24) is 4.98 Å². The predicted molar refractivity (Wildman–Crippen MR) is 50.3 cm³/mol.